The van der Waals surface area contributed by atoms with E-state index in [9.17, 15) is 14.0 Å². The molecule has 27 heavy (non-hydrogen) atoms. The van der Waals surface area contributed by atoms with Crippen LogP contribution >= 0.6 is 0 Å². The van der Waals surface area contributed by atoms with Gasteiger partial charge in [-0.2, -0.15) is 0 Å². The van der Waals surface area contributed by atoms with E-state index in [1.807, 2.05) is 4.90 Å². The van der Waals surface area contributed by atoms with Gasteiger partial charge in [-0.3, -0.25) is 9.69 Å². The Hall–Kier alpha value is -2.84. The second-order valence-electron chi connectivity index (χ2n) is 7.26. The lowest BCUT2D eigenvalue weighted by Crippen LogP contribution is -2.33. The lowest BCUT2D eigenvalue weighted by atomic mass is 10.2. The molecule has 144 valence electrons. The predicted octanol–water partition coefficient (Wildman–Crippen LogP) is 1.43. The Morgan fingerprint density at radius 1 is 1.41 bits per heavy atom. The molecule has 2 N–H and O–H groups in total. The minimum Gasteiger partial charge on any atom is -0.442 e. The normalized spacial score (nSPS) is 29.2. The zero-order valence-corrected chi connectivity index (χ0v) is 14.8. The fraction of sp³-hybridized carbons (Fsp3) is 0.500. The number of nitrogens with zero attached hydrogens (tertiary/aromatic N) is 3. The number of ether oxygens (including phenoxy) is 1. The third kappa shape index (κ3) is 3.29. The number of fused-ring (bicyclic) bond motifs is 1. The number of hydrogen-bond acceptors (Lipinski definition) is 6. The fourth-order valence-corrected chi connectivity index (χ4v) is 4.08. The third-order valence-electron chi connectivity index (χ3n) is 5.54. The lowest BCUT2D eigenvalue weighted by molar-refractivity contribution is -0.119. The van der Waals surface area contributed by atoms with E-state index in [1.54, 1.807) is 18.3 Å². The highest BCUT2D eigenvalue weighted by molar-refractivity contribution is 5.90. The summed E-state index contributed by atoms with van der Waals surface area (Å²) in [5.41, 5.74) is 0.939. The number of oxime groups is 1. The Morgan fingerprint density at radius 3 is 2.78 bits per heavy atom. The molecule has 0 aromatic heterocycles. The van der Waals surface area contributed by atoms with Crippen molar-refractivity contribution in [1.29, 1.82) is 0 Å². The van der Waals surface area contributed by atoms with E-state index in [0.29, 0.717) is 23.2 Å². The Morgan fingerprint density at radius 2 is 2.15 bits per heavy atom. The maximum atomic E-state index is 14.7. The first kappa shape index (κ1) is 17.6. The van der Waals surface area contributed by atoms with Gasteiger partial charge in [0, 0.05) is 32.1 Å². The minimum atomic E-state index is -0.550. The van der Waals surface area contributed by atoms with Crippen LogP contribution in [-0.2, 0) is 9.53 Å². The average Bonchev–Trinajstić information content (AvgIpc) is 2.98. The topological polar surface area (TPSA) is 94.5 Å². The van der Waals surface area contributed by atoms with Crippen LogP contribution in [0.4, 0.5) is 20.6 Å². The van der Waals surface area contributed by atoms with Gasteiger partial charge in [-0.1, -0.05) is 0 Å². The molecule has 2 saturated heterocycles. The fourth-order valence-electron chi connectivity index (χ4n) is 4.08. The van der Waals surface area contributed by atoms with Crippen molar-refractivity contribution in [3.63, 3.8) is 0 Å². The van der Waals surface area contributed by atoms with Crippen LogP contribution in [0, 0.1) is 23.6 Å². The van der Waals surface area contributed by atoms with Crippen LogP contribution in [0.1, 0.15) is 6.92 Å². The number of amides is 2. The minimum absolute atomic E-state index is 0.198. The van der Waals surface area contributed by atoms with Crippen molar-refractivity contribution in [3.8, 4) is 0 Å². The number of nitrogens with one attached hydrogen (secondary N) is 1. The Kier molecular flexibility index (Phi) is 4.37. The highest BCUT2D eigenvalue weighted by atomic mass is 19.1. The molecule has 3 aliphatic rings. The molecule has 2 heterocycles. The predicted molar refractivity (Wildman–Crippen MR) is 95.7 cm³/mol. The molecule has 0 spiro atoms. The van der Waals surface area contributed by atoms with Crippen LogP contribution in [0.5, 0.6) is 0 Å². The van der Waals surface area contributed by atoms with Gasteiger partial charge in [0.1, 0.15) is 11.9 Å². The summed E-state index contributed by atoms with van der Waals surface area (Å²) in [7, 11) is 0. The number of hydrogen-bond donors (Lipinski definition) is 2. The molecule has 9 heteroatoms. The summed E-state index contributed by atoms with van der Waals surface area (Å²) in [6, 6.07) is 4.73. The van der Waals surface area contributed by atoms with Crippen LogP contribution in [0.3, 0.4) is 0 Å². The van der Waals surface area contributed by atoms with E-state index in [0.717, 1.165) is 13.1 Å². The number of carbonyl (C=O) groups excluding carboxylic acids is 2. The number of piperidine rings is 1. The van der Waals surface area contributed by atoms with Crippen LogP contribution in [0.25, 0.3) is 0 Å². The van der Waals surface area contributed by atoms with Gasteiger partial charge in [-0.25, -0.2) is 9.18 Å². The summed E-state index contributed by atoms with van der Waals surface area (Å²) < 4.78 is 19.9. The summed E-state index contributed by atoms with van der Waals surface area (Å²) in [6.45, 7) is 3.33. The first-order valence-electron chi connectivity index (χ1n) is 8.92. The SMILES string of the molecule is CC(=O)NCC1CN(c2ccc(N3C[C@@H]4C(/C=N/O)[C@@H]4C3)c(F)c2)C(=O)O1. The smallest absolute Gasteiger partial charge is 0.414 e. The number of carbonyl (C=O) groups is 2. The standard InChI is InChI=1S/C18H21FN4O4/c1-10(24)20-5-12-7-23(18(25)27-12)11-2-3-17(16(19)4-11)22-8-14-13(6-21-26)15(14)9-22/h2-4,6,12-15,26H,5,7-9H2,1H3,(H,20,24)/b21-6+/t12?,13?,14-,15+. The van der Waals surface area contributed by atoms with E-state index >= 15 is 0 Å². The maximum absolute atomic E-state index is 14.7. The monoisotopic (exact) mass is 376 g/mol. The van der Waals surface area contributed by atoms with Gasteiger partial charge in [0.05, 0.1) is 24.5 Å². The summed E-state index contributed by atoms with van der Waals surface area (Å²) in [5.74, 6) is 0.509. The number of rotatable bonds is 5. The zero-order valence-electron chi connectivity index (χ0n) is 14.8. The summed E-state index contributed by atoms with van der Waals surface area (Å²) in [4.78, 5) is 26.4. The Balaban J connectivity index is 1.41. The van der Waals surface area contributed by atoms with E-state index in [1.165, 1.54) is 17.9 Å². The summed E-state index contributed by atoms with van der Waals surface area (Å²) >= 11 is 0. The second kappa shape index (κ2) is 6.71. The summed E-state index contributed by atoms with van der Waals surface area (Å²) in [6.07, 6.45) is 0.550. The molecule has 1 aromatic carbocycles. The van der Waals surface area contributed by atoms with Gasteiger partial charge in [0.25, 0.3) is 0 Å². The van der Waals surface area contributed by atoms with Gasteiger partial charge < -0.3 is 20.2 Å². The number of halogens is 1. The number of cyclic esters (lactones) is 1. The quantitative estimate of drug-likeness (QED) is 0.461. The molecule has 2 unspecified atom stereocenters. The van der Waals surface area contributed by atoms with Gasteiger partial charge >= 0.3 is 6.09 Å². The van der Waals surface area contributed by atoms with Gasteiger partial charge in [0.15, 0.2) is 0 Å². The molecule has 1 aliphatic carbocycles. The molecular formula is C18H21FN4O4. The maximum Gasteiger partial charge on any atom is 0.414 e. The molecule has 0 radical (unpaired) electrons. The van der Waals surface area contributed by atoms with Crippen molar-refractivity contribution in [2.75, 3.05) is 36.0 Å². The van der Waals surface area contributed by atoms with E-state index in [4.69, 9.17) is 9.94 Å². The lowest BCUT2D eigenvalue weighted by Gasteiger charge is -2.23. The molecular weight excluding hydrogens is 355 g/mol. The second-order valence-corrected chi connectivity index (χ2v) is 7.26. The van der Waals surface area contributed by atoms with Crippen LogP contribution in [-0.4, -0.2) is 55.7 Å². The zero-order chi connectivity index (χ0) is 19.1. The molecule has 4 rings (SSSR count). The molecule has 2 aliphatic heterocycles. The average molecular weight is 376 g/mol. The van der Waals surface area contributed by atoms with Gasteiger partial charge in [-0.15, -0.1) is 5.16 Å². The van der Waals surface area contributed by atoms with Gasteiger partial charge in [0.2, 0.25) is 5.91 Å². The van der Waals surface area contributed by atoms with Crippen molar-refractivity contribution in [2.24, 2.45) is 22.9 Å². The largest absolute Gasteiger partial charge is 0.442 e. The Bertz CT molecular complexity index is 790. The van der Waals surface area contributed by atoms with Crippen LogP contribution < -0.4 is 15.1 Å². The Labute approximate surface area is 155 Å². The van der Waals surface area contributed by atoms with Crippen LogP contribution in [0.2, 0.25) is 0 Å². The summed E-state index contributed by atoms with van der Waals surface area (Å²) in [5, 5.41) is 14.3. The molecule has 3 fully saturated rings. The molecule has 2 amide bonds. The molecule has 1 aromatic rings. The van der Waals surface area contributed by atoms with Crippen molar-refractivity contribution < 1.29 is 23.9 Å². The first-order chi connectivity index (χ1) is 13.0. The molecule has 0 bridgehead atoms. The first-order valence-corrected chi connectivity index (χ1v) is 8.92. The number of benzene rings is 1. The highest BCUT2D eigenvalue weighted by Crippen LogP contribution is 2.51. The van der Waals surface area contributed by atoms with Crippen molar-refractivity contribution in [1.82, 2.24) is 5.32 Å². The third-order valence-corrected chi connectivity index (χ3v) is 5.54. The van der Waals surface area contributed by atoms with Crippen molar-refractivity contribution in [2.45, 2.75) is 13.0 Å². The molecule has 4 atom stereocenters. The highest BCUT2D eigenvalue weighted by Gasteiger charge is 2.55. The van der Waals surface area contributed by atoms with Crippen LogP contribution in [0.15, 0.2) is 23.4 Å². The van der Waals surface area contributed by atoms with E-state index in [2.05, 4.69) is 10.5 Å². The van der Waals surface area contributed by atoms with E-state index in [-0.39, 0.29) is 30.7 Å². The number of anilines is 2. The van der Waals surface area contributed by atoms with Crippen molar-refractivity contribution in [3.05, 3.63) is 24.0 Å². The van der Waals surface area contributed by atoms with Crippen molar-refractivity contribution >= 4 is 29.6 Å². The molecule has 1 saturated carbocycles. The molecule has 8 nitrogen and oxygen atoms in total. The van der Waals surface area contributed by atoms with E-state index < -0.39 is 12.2 Å². The van der Waals surface area contributed by atoms with Gasteiger partial charge in [-0.05, 0) is 30.0 Å².